The van der Waals surface area contributed by atoms with Crippen LogP contribution in [0.2, 0.25) is 6.32 Å². The summed E-state index contributed by atoms with van der Waals surface area (Å²) in [6.07, 6.45) is 6.35. The predicted molar refractivity (Wildman–Crippen MR) is 83.4 cm³/mol. The zero-order valence-electron chi connectivity index (χ0n) is 14.1. The van der Waals surface area contributed by atoms with E-state index < -0.39 is 0 Å². The van der Waals surface area contributed by atoms with Crippen molar-refractivity contribution in [3.05, 3.63) is 0 Å². The van der Waals surface area contributed by atoms with Gasteiger partial charge in [-0.25, -0.2) is 0 Å². The molecule has 19 heavy (non-hydrogen) atoms. The third-order valence-corrected chi connectivity index (χ3v) is 4.63. The molecule has 0 aliphatic carbocycles. The van der Waals surface area contributed by atoms with E-state index in [9.17, 15) is 0 Å². The quantitative estimate of drug-likeness (QED) is 0.481. The van der Waals surface area contributed by atoms with Gasteiger partial charge in [0.1, 0.15) is 0 Å². The normalized spacial score (nSPS) is 23.1. The first-order valence-electron chi connectivity index (χ1n) is 7.99. The molecule has 0 saturated carbocycles. The molecule has 0 bridgehead atoms. The summed E-state index contributed by atoms with van der Waals surface area (Å²) in [5.41, 5.74) is -0.371. The Labute approximate surface area is 120 Å². The van der Waals surface area contributed by atoms with Gasteiger partial charge in [0, 0.05) is 0 Å². The van der Waals surface area contributed by atoms with Crippen LogP contribution >= 0.6 is 0 Å². The fourth-order valence-corrected chi connectivity index (χ4v) is 2.55. The molecule has 0 amide bonds. The van der Waals surface area contributed by atoms with Gasteiger partial charge in [0.15, 0.2) is 0 Å². The van der Waals surface area contributed by atoms with Gasteiger partial charge in [-0.15, -0.1) is 0 Å². The molecule has 0 N–H and O–H groups in total. The standard InChI is InChI=1S/C16H33BO2/c1-13(2)10-8-9-11-14(3)12-17-18-15(4,5)16(6,7)19-17/h13-14H,8-12H2,1-7H3. The average Bonchev–Trinajstić information content (AvgIpc) is 2.41. The number of hydrogen-bond donors (Lipinski definition) is 0. The number of hydrogen-bond acceptors (Lipinski definition) is 2. The predicted octanol–water partition coefficient (Wildman–Crippen LogP) is 4.93. The summed E-state index contributed by atoms with van der Waals surface area (Å²) in [5, 5.41) is 0. The van der Waals surface area contributed by atoms with Crippen LogP contribution in [0.3, 0.4) is 0 Å². The summed E-state index contributed by atoms with van der Waals surface area (Å²) in [5.74, 6) is 1.51. The summed E-state index contributed by atoms with van der Waals surface area (Å²) < 4.78 is 12.1. The van der Waals surface area contributed by atoms with E-state index in [-0.39, 0.29) is 18.3 Å². The van der Waals surface area contributed by atoms with Crippen LogP contribution in [0, 0.1) is 11.8 Å². The molecule has 1 unspecified atom stereocenters. The van der Waals surface area contributed by atoms with Crippen molar-refractivity contribution in [1.82, 2.24) is 0 Å². The lowest BCUT2D eigenvalue weighted by Crippen LogP contribution is -2.41. The molecule has 0 aromatic rings. The number of rotatable bonds is 7. The largest absolute Gasteiger partial charge is 0.458 e. The zero-order valence-corrected chi connectivity index (χ0v) is 14.1. The Morgan fingerprint density at radius 1 is 0.842 bits per heavy atom. The van der Waals surface area contributed by atoms with E-state index in [0.29, 0.717) is 5.92 Å². The fraction of sp³-hybridized carbons (Fsp3) is 1.00. The SMILES string of the molecule is CC(C)CCCCC(C)CB1OC(C)(C)C(C)(C)O1. The van der Waals surface area contributed by atoms with Gasteiger partial charge >= 0.3 is 7.12 Å². The monoisotopic (exact) mass is 268 g/mol. The minimum Gasteiger partial charge on any atom is -0.403 e. The first-order chi connectivity index (χ1) is 8.64. The second kappa shape index (κ2) is 6.63. The number of unbranched alkanes of at least 4 members (excludes halogenated alkanes) is 1. The topological polar surface area (TPSA) is 18.5 Å². The molecule has 1 aliphatic rings. The lowest BCUT2D eigenvalue weighted by molar-refractivity contribution is 0.00578. The van der Waals surface area contributed by atoms with E-state index in [4.69, 9.17) is 9.31 Å². The van der Waals surface area contributed by atoms with Crippen LogP contribution in [-0.4, -0.2) is 18.3 Å². The zero-order chi connectivity index (χ0) is 14.7. The minimum atomic E-state index is -0.185. The van der Waals surface area contributed by atoms with Gasteiger partial charge in [-0.1, -0.05) is 46.5 Å². The minimum absolute atomic E-state index is 0.0231. The Bertz CT molecular complexity index is 258. The van der Waals surface area contributed by atoms with Gasteiger partial charge in [-0.3, -0.25) is 0 Å². The van der Waals surface area contributed by atoms with Crippen molar-refractivity contribution in [3.63, 3.8) is 0 Å². The Balaban J connectivity index is 2.25. The van der Waals surface area contributed by atoms with Crippen LogP contribution in [0.1, 0.15) is 74.1 Å². The maximum atomic E-state index is 6.06. The van der Waals surface area contributed by atoms with Crippen molar-refractivity contribution < 1.29 is 9.31 Å². The van der Waals surface area contributed by atoms with Gasteiger partial charge in [0.05, 0.1) is 11.2 Å². The summed E-state index contributed by atoms with van der Waals surface area (Å²) in [6.45, 7) is 15.4. The van der Waals surface area contributed by atoms with Crippen molar-refractivity contribution in [2.75, 3.05) is 0 Å². The maximum absolute atomic E-state index is 6.06. The molecule has 3 heteroatoms. The summed E-state index contributed by atoms with van der Waals surface area (Å²) in [7, 11) is -0.0231. The first-order valence-corrected chi connectivity index (χ1v) is 7.99. The van der Waals surface area contributed by atoms with E-state index in [1.807, 2.05) is 0 Å². The molecule has 1 rings (SSSR count). The van der Waals surface area contributed by atoms with Crippen molar-refractivity contribution in [2.24, 2.45) is 11.8 Å². The third kappa shape index (κ3) is 5.11. The summed E-state index contributed by atoms with van der Waals surface area (Å²) >= 11 is 0. The van der Waals surface area contributed by atoms with Gasteiger partial charge in [-0.2, -0.15) is 0 Å². The van der Waals surface area contributed by atoms with Gasteiger partial charge < -0.3 is 9.31 Å². The van der Waals surface area contributed by atoms with Gasteiger partial charge in [-0.05, 0) is 45.9 Å². The lowest BCUT2D eigenvalue weighted by atomic mass is 9.76. The van der Waals surface area contributed by atoms with E-state index in [1.54, 1.807) is 0 Å². The molecular weight excluding hydrogens is 235 g/mol. The highest BCUT2D eigenvalue weighted by Crippen LogP contribution is 2.38. The Morgan fingerprint density at radius 3 is 1.79 bits per heavy atom. The Hall–Kier alpha value is -0.0151. The van der Waals surface area contributed by atoms with Crippen molar-refractivity contribution >= 4 is 7.12 Å². The molecule has 2 nitrogen and oxygen atoms in total. The van der Waals surface area contributed by atoms with Gasteiger partial charge in [0.2, 0.25) is 0 Å². The van der Waals surface area contributed by atoms with E-state index >= 15 is 0 Å². The third-order valence-electron chi connectivity index (χ3n) is 4.63. The average molecular weight is 268 g/mol. The van der Waals surface area contributed by atoms with Crippen molar-refractivity contribution in [1.29, 1.82) is 0 Å². The summed E-state index contributed by atoms with van der Waals surface area (Å²) in [4.78, 5) is 0. The molecule has 0 spiro atoms. The lowest BCUT2D eigenvalue weighted by Gasteiger charge is -2.32. The molecule has 0 radical (unpaired) electrons. The molecule has 1 fully saturated rings. The second-order valence-corrected chi connectivity index (χ2v) is 7.71. The van der Waals surface area contributed by atoms with Crippen LogP contribution in [0.4, 0.5) is 0 Å². The van der Waals surface area contributed by atoms with E-state index in [2.05, 4.69) is 48.5 Å². The van der Waals surface area contributed by atoms with Crippen LogP contribution in [0.25, 0.3) is 0 Å². The highest BCUT2D eigenvalue weighted by Gasteiger charge is 2.50. The molecule has 0 aromatic carbocycles. The molecule has 1 heterocycles. The van der Waals surface area contributed by atoms with Crippen LogP contribution in [0.5, 0.6) is 0 Å². The molecular formula is C16H33BO2. The van der Waals surface area contributed by atoms with Crippen molar-refractivity contribution in [2.45, 2.75) is 91.7 Å². The molecule has 0 aromatic heterocycles. The van der Waals surface area contributed by atoms with Crippen LogP contribution in [-0.2, 0) is 9.31 Å². The molecule has 1 aliphatic heterocycles. The first kappa shape index (κ1) is 17.0. The van der Waals surface area contributed by atoms with E-state index in [0.717, 1.165) is 12.2 Å². The second-order valence-electron chi connectivity index (χ2n) is 7.71. The molecule has 1 atom stereocenters. The summed E-state index contributed by atoms with van der Waals surface area (Å²) in [6, 6.07) is 0. The maximum Gasteiger partial charge on any atom is 0.458 e. The molecule has 112 valence electrons. The van der Waals surface area contributed by atoms with Crippen LogP contribution in [0.15, 0.2) is 0 Å². The fourth-order valence-electron chi connectivity index (χ4n) is 2.55. The molecule has 1 saturated heterocycles. The van der Waals surface area contributed by atoms with Crippen molar-refractivity contribution in [3.8, 4) is 0 Å². The highest BCUT2D eigenvalue weighted by atomic mass is 16.7. The Morgan fingerprint density at radius 2 is 1.32 bits per heavy atom. The Kier molecular flexibility index (Phi) is 5.94. The van der Waals surface area contributed by atoms with Crippen LogP contribution < -0.4 is 0 Å². The van der Waals surface area contributed by atoms with E-state index in [1.165, 1.54) is 25.7 Å². The highest BCUT2D eigenvalue weighted by molar-refractivity contribution is 6.45. The van der Waals surface area contributed by atoms with Gasteiger partial charge in [0.25, 0.3) is 0 Å². The smallest absolute Gasteiger partial charge is 0.403 e.